The molecule has 0 heterocycles. The van der Waals surface area contributed by atoms with E-state index in [-0.39, 0.29) is 17.9 Å². The highest BCUT2D eigenvalue weighted by molar-refractivity contribution is 5.30. The minimum Gasteiger partial charge on any atom is -0.207 e. The van der Waals surface area contributed by atoms with Crippen LogP contribution in [-0.2, 0) is 6.42 Å². The molecule has 0 aliphatic heterocycles. The van der Waals surface area contributed by atoms with Gasteiger partial charge in [-0.1, -0.05) is 51.7 Å². The fraction of sp³-hybridized carbons (Fsp3) is 0.739. The third-order valence-corrected chi connectivity index (χ3v) is 7.06. The van der Waals surface area contributed by atoms with Crippen molar-refractivity contribution in [3.8, 4) is 0 Å². The Morgan fingerprint density at radius 2 is 1.63 bits per heavy atom. The van der Waals surface area contributed by atoms with Crippen LogP contribution in [0, 0.1) is 29.4 Å². The SMILES string of the molecule is CCCC1CCC([C@H]2CC[C@H](c3ccc(CC)c(F)c3F)CC2(F)F)CC1. The van der Waals surface area contributed by atoms with Gasteiger partial charge < -0.3 is 0 Å². The Balaban J connectivity index is 1.68. The monoisotopic (exact) mass is 384 g/mol. The summed E-state index contributed by atoms with van der Waals surface area (Å²) in [5, 5.41) is 0. The van der Waals surface area contributed by atoms with Gasteiger partial charge in [0, 0.05) is 12.3 Å². The average molecular weight is 385 g/mol. The maximum absolute atomic E-state index is 15.0. The summed E-state index contributed by atoms with van der Waals surface area (Å²) in [6, 6.07) is 3.07. The van der Waals surface area contributed by atoms with Crippen LogP contribution in [0.4, 0.5) is 17.6 Å². The Bertz CT molecular complexity index is 632. The molecular formula is C23H32F4. The second kappa shape index (κ2) is 8.53. The molecule has 4 heteroatoms. The van der Waals surface area contributed by atoms with E-state index in [1.807, 2.05) is 0 Å². The summed E-state index contributed by atoms with van der Waals surface area (Å²) in [6.07, 6.45) is 7.26. The molecule has 27 heavy (non-hydrogen) atoms. The first-order valence-corrected chi connectivity index (χ1v) is 10.7. The van der Waals surface area contributed by atoms with Crippen molar-refractivity contribution in [2.45, 2.75) is 89.9 Å². The van der Waals surface area contributed by atoms with E-state index in [1.165, 1.54) is 12.5 Å². The minimum absolute atomic E-state index is 0.0816. The summed E-state index contributed by atoms with van der Waals surface area (Å²) in [6.45, 7) is 3.93. The second-order valence-electron chi connectivity index (χ2n) is 8.71. The van der Waals surface area contributed by atoms with Crippen molar-refractivity contribution in [3.05, 3.63) is 34.9 Å². The van der Waals surface area contributed by atoms with E-state index in [2.05, 4.69) is 6.92 Å². The van der Waals surface area contributed by atoms with Crippen molar-refractivity contribution in [1.82, 2.24) is 0 Å². The normalized spacial score (nSPS) is 31.0. The molecule has 0 amide bonds. The van der Waals surface area contributed by atoms with Crippen LogP contribution in [0.1, 0.15) is 88.7 Å². The molecule has 0 bridgehead atoms. The van der Waals surface area contributed by atoms with Gasteiger partial charge in [-0.25, -0.2) is 17.6 Å². The molecule has 2 atom stereocenters. The summed E-state index contributed by atoms with van der Waals surface area (Å²) in [7, 11) is 0. The topological polar surface area (TPSA) is 0 Å². The molecule has 0 saturated heterocycles. The summed E-state index contributed by atoms with van der Waals surface area (Å²) in [5.74, 6) is -4.99. The van der Waals surface area contributed by atoms with Crippen molar-refractivity contribution in [3.63, 3.8) is 0 Å². The molecule has 2 aliphatic rings. The summed E-state index contributed by atoms with van der Waals surface area (Å²) >= 11 is 0. The van der Waals surface area contributed by atoms with Gasteiger partial charge >= 0.3 is 0 Å². The summed E-state index contributed by atoms with van der Waals surface area (Å²) < 4.78 is 58.5. The molecule has 152 valence electrons. The first-order valence-electron chi connectivity index (χ1n) is 10.7. The van der Waals surface area contributed by atoms with E-state index in [9.17, 15) is 17.6 Å². The maximum atomic E-state index is 15.0. The zero-order chi connectivity index (χ0) is 19.6. The van der Waals surface area contributed by atoms with Crippen molar-refractivity contribution < 1.29 is 17.6 Å². The van der Waals surface area contributed by atoms with Crippen LogP contribution in [-0.4, -0.2) is 5.92 Å². The number of rotatable bonds is 5. The van der Waals surface area contributed by atoms with Crippen LogP contribution in [0.3, 0.4) is 0 Å². The number of halogens is 4. The zero-order valence-corrected chi connectivity index (χ0v) is 16.5. The van der Waals surface area contributed by atoms with E-state index in [4.69, 9.17) is 0 Å². The largest absolute Gasteiger partial charge is 0.251 e. The van der Waals surface area contributed by atoms with Gasteiger partial charge in [-0.2, -0.15) is 0 Å². The Morgan fingerprint density at radius 3 is 2.22 bits per heavy atom. The smallest absolute Gasteiger partial charge is 0.207 e. The van der Waals surface area contributed by atoms with Crippen LogP contribution >= 0.6 is 0 Å². The van der Waals surface area contributed by atoms with Gasteiger partial charge in [-0.05, 0) is 61.0 Å². The lowest BCUT2D eigenvalue weighted by Crippen LogP contribution is -2.41. The predicted octanol–water partition coefficient (Wildman–Crippen LogP) is 7.65. The molecule has 0 nitrogen and oxygen atoms in total. The van der Waals surface area contributed by atoms with E-state index in [0.29, 0.717) is 30.7 Å². The lowest BCUT2D eigenvalue weighted by Gasteiger charge is -2.42. The number of benzene rings is 1. The van der Waals surface area contributed by atoms with Gasteiger partial charge in [0.1, 0.15) is 0 Å². The minimum atomic E-state index is -2.79. The van der Waals surface area contributed by atoms with Crippen LogP contribution in [0.25, 0.3) is 0 Å². The first kappa shape index (κ1) is 20.7. The molecule has 2 saturated carbocycles. The van der Waals surface area contributed by atoms with Crippen molar-refractivity contribution in [2.24, 2.45) is 17.8 Å². The fourth-order valence-electron chi connectivity index (χ4n) is 5.50. The fourth-order valence-corrected chi connectivity index (χ4v) is 5.50. The van der Waals surface area contributed by atoms with Crippen molar-refractivity contribution >= 4 is 0 Å². The maximum Gasteiger partial charge on any atom is 0.251 e. The Morgan fingerprint density at radius 1 is 0.926 bits per heavy atom. The van der Waals surface area contributed by atoms with Gasteiger partial charge in [0.15, 0.2) is 11.6 Å². The molecule has 2 aliphatic carbocycles. The average Bonchev–Trinajstić information content (AvgIpc) is 2.64. The molecule has 0 spiro atoms. The predicted molar refractivity (Wildman–Crippen MR) is 101 cm³/mol. The number of alkyl halides is 2. The van der Waals surface area contributed by atoms with Gasteiger partial charge in [-0.15, -0.1) is 0 Å². The molecule has 3 rings (SSSR count). The molecule has 0 unspecified atom stereocenters. The Kier molecular flexibility index (Phi) is 6.53. The lowest BCUT2D eigenvalue weighted by molar-refractivity contribution is -0.119. The molecule has 0 aromatic heterocycles. The van der Waals surface area contributed by atoms with E-state index >= 15 is 0 Å². The van der Waals surface area contributed by atoms with Gasteiger partial charge in [0.2, 0.25) is 0 Å². The summed E-state index contributed by atoms with van der Waals surface area (Å²) in [4.78, 5) is 0. The first-order chi connectivity index (χ1) is 12.9. The zero-order valence-electron chi connectivity index (χ0n) is 16.5. The van der Waals surface area contributed by atoms with Gasteiger partial charge in [0.05, 0.1) is 0 Å². The number of hydrogen-bond donors (Lipinski definition) is 0. The van der Waals surface area contributed by atoms with Gasteiger partial charge in [0.25, 0.3) is 5.92 Å². The highest BCUT2D eigenvalue weighted by Gasteiger charge is 2.49. The molecule has 1 aromatic carbocycles. The van der Waals surface area contributed by atoms with Crippen molar-refractivity contribution in [1.29, 1.82) is 0 Å². The highest BCUT2D eigenvalue weighted by Crippen LogP contribution is 2.52. The number of hydrogen-bond acceptors (Lipinski definition) is 0. The standard InChI is InChI=1S/C23H32F4/c1-3-5-15-6-8-17(9-7-15)20-13-11-18(14-23(20,26)27)19-12-10-16(4-2)21(24)22(19)25/h10,12,15,17-18,20H,3-9,11,13-14H2,1-2H3/t15?,17?,18-,20+/m0/s1. The van der Waals surface area contributed by atoms with Crippen LogP contribution in [0.15, 0.2) is 12.1 Å². The van der Waals surface area contributed by atoms with Crippen LogP contribution in [0.2, 0.25) is 0 Å². The van der Waals surface area contributed by atoms with Crippen LogP contribution in [0.5, 0.6) is 0 Å². The third kappa shape index (κ3) is 4.35. The third-order valence-electron chi connectivity index (χ3n) is 7.06. The number of aryl methyl sites for hydroxylation is 1. The van der Waals surface area contributed by atoms with Crippen LogP contribution < -0.4 is 0 Å². The van der Waals surface area contributed by atoms with E-state index in [1.54, 1.807) is 13.0 Å². The molecule has 2 fully saturated rings. The summed E-state index contributed by atoms with van der Waals surface area (Å²) in [5.41, 5.74) is 0.440. The molecule has 0 radical (unpaired) electrons. The Hall–Kier alpha value is -1.06. The van der Waals surface area contributed by atoms with E-state index in [0.717, 1.165) is 32.1 Å². The van der Waals surface area contributed by atoms with Crippen molar-refractivity contribution in [2.75, 3.05) is 0 Å². The highest BCUT2D eigenvalue weighted by atomic mass is 19.3. The molecular weight excluding hydrogens is 352 g/mol. The quantitative estimate of drug-likeness (QED) is 0.457. The second-order valence-corrected chi connectivity index (χ2v) is 8.71. The Labute approximate surface area is 160 Å². The molecule has 0 N–H and O–H groups in total. The van der Waals surface area contributed by atoms with E-state index < -0.39 is 29.4 Å². The molecule has 1 aromatic rings. The lowest BCUT2D eigenvalue weighted by atomic mass is 9.66. The van der Waals surface area contributed by atoms with Gasteiger partial charge in [-0.3, -0.25) is 0 Å².